The molecule has 0 aliphatic heterocycles. The van der Waals surface area contributed by atoms with E-state index in [1.54, 1.807) is 0 Å². The Morgan fingerprint density at radius 1 is 1.44 bits per heavy atom. The van der Waals surface area contributed by atoms with Crippen LogP contribution in [0.4, 0.5) is 0 Å². The van der Waals surface area contributed by atoms with Crippen LogP contribution in [0.2, 0.25) is 0 Å². The Morgan fingerprint density at radius 2 is 2.00 bits per heavy atom. The van der Waals surface area contributed by atoms with E-state index < -0.39 is 20.9 Å². The highest BCUT2D eigenvalue weighted by molar-refractivity contribution is 7.85. The topological polar surface area (TPSA) is 107 Å². The van der Waals surface area contributed by atoms with Gasteiger partial charge in [0.25, 0.3) is 16.0 Å². The zero-order valence-corrected chi connectivity index (χ0v) is 9.84. The molecule has 0 fully saturated rings. The highest BCUT2D eigenvalue weighted by Gasteiger charge is 2.15. The van der Waals surface area contributed by atoms with Gasteiger partial charge < -0.3 is 10.5 Å². The molecule has 0 saturated carbocycles. The lowest BCUT2D eigenvalue weighted by Gasteiger charge is -2.06. The number of ether oxygens (including phenoxy) is 1. The molecule has 0 atom stereocenters. The van der Waals surface area contributed by atoms with Crippen LogP contribution in [0.25, 0.3) is 0 Å². The summed E-state index contributed by atoms with van der Waals surface area (Å²) in [5, 5.41) is 0. The van der Waals surface area contributed by atoms with Crippen molar-refractivity contribution in [1.29, 1.82) is 0 Å². The molecule has 0 aromatic heterocycles. The van der Waals surface area contributed by atoms with Crippen LogP contribution in [0.5, 0.6) is 5.75 Å². The van der Waals surface area contributed by atoms with Crippen molar-refractivity contribution in [1.82, 2.24) is 0 Å². The number of carbonyl (C=O) groups is 1. The number of benzene rings is 1. The van der Waals surface area contributed by atoms with Crippen LogP contribution in [0.15, 0.2) is 23.1 Å². The van der Waals surface area contributed by atoms with Gasteiger partial charge in [0.2, 0.25) is 0 Å². The van der Waals surface area contributed by atoms with Gasteiger partial charge in [0, 0.05) is 0 Å². The van der Waals surface area contributed by atoms with Crippen LogP contribution in [-0.4, -0.2) is 26.0 Å². The van der Waals surface area contributed by atoms with Crippen LogP contribution < -0.4 is 10.5 Å². The SMILES string of the molecule is COc1ccc(S(=O)(=O)O)cc1C(N)=O.Cl. The predicted octanol–water partition coefficient (Wildman–Crippen LogP) is 0.463. The summed E-state index contributed by atoms with van der Waals surface area (Å²) in [6.45, 7) is 0. The molecule has 0 aliphatic rings. The molecule has 1 rings (SSSR count). The van der Waals surface area contributed by atoms with Gasteiger partial charge in [-0.25, -0.2) is 0 Å². The minimum Gasteiger partial charge on any atom is -0.496 e. The quantitative estimate of drug-likeness (QED) is 0.774. The first kappa shape index (κ1) is 14.7. The number of primary amides is 1. The van der Waals surface area contributed by atoms with Gasteiger partial charge in [0.05, 0.1) is 17.6 Å². The van der Waals surface area contributed by atoms with Gasteiger partial charge in [-0.05, 0) is 18.2 Å². The van der Waals surface area contributed by atoms with Crippen molar-refractivity contribution >= 4 is 28.4 Å². The summed E-state index contributed by atoms with van der Waals surface area (Å²) in [6, 6.07) is 3.31. The van der Waals surface area contributed by atoms with Crippen LogP contribution in [-0.2, 0) is 10.1 Å². The molecule has 0 aliphatic carbocycles. The number of amides is 1. The molecular weight excluding hydrogens is 258 g/mol. The maximum absolute atomic E-state index is 10.9. The second kappa shape index (κ2) is 5.15. The highest BCUT2D eigenvalue weighted by atomic mass is 35.5. The molecule has 0 bridgehead atoms. The van der Waals surface area contributed by atoms with Gasteiger partial charge in [-0.15, -0.1) is 12.4 Å². The largest absolute Gasteiger partial charge is 0.496 e. The molecule has 0 unspecified atom stereocenters. The zero-order valence-electron chi connectivity index (χ0n) is 8.21. The summed E-state index contributed by atoms with van der Waals surface area (Å²) >= 11 is 0. The van der Waals surface area contributed by atoms with E-state index in [1.165, 1.54) is 13.2 Å². The fourth-order valence-corrected chi connectivity index (χ4v) is 1.55. The van der Waals surface area contributed by atoms with Gasteiger partial charge >= 0.3 is 0 Å². The average Bonchev–Trinajstić information content (AvgIpc) is 2.15. The number of hydrogen-bond donors (Lipinski definition) is 2. The van der Waals surface area contributed by atoms with Crippen LogP contribution in [0, 0.1) is 0 Å². The van der Waals surface area contributed by atoms with Gasteiger partial charge in [-0.2, -0.15) is 8.42 Å². The molecule has 0 spiro atoms. The Balaban J connectivity index is 0.00000225. The molecule has 0 heterocycles. The Morgan fingerprint density at radius 3 is 2.38 bits per heavy atom. The lowest BCUT2D eigenvalue weighted by atomic mass is 10.2. The fraction of sp³-hybridized carbons (Fsp3) is 0.125. The molecular formula is C8H10ClNO5S. The van der Waals surface area contributed by atoms with Crippen molar-refractivity contribution in [3.63, 3.8) is 0 Å². The first-order chi connectivity index (χ1) is 6.86. The van der Waals surface area contributed by atoms with E-state index in [1.807, 2.05) is 0 Å². The minimum absolute atomic E-state index is 0. The second-order valence-electron chi connectivity index (χ2n) is 2.70. The summed E-state index contributed by atoms with van der Waals surface area (Å²) in [6.07, 6.45) is 0. The molecule has 6 nitrogen and oxygen atoms in total. The summed E-state index contributed by atoms with van der Waals surface area (Å²) in [5.41, 5.74) is 4.90. The monoisotopic (exact) mass is 267 g/mol. The van der Waals surface area contributed by atoms with Crippen molar-refractivity contribution in [2.24, 2.45) is 5.73 Å². The standard InChI is InChI=1S/C8H9NO5S.ClH/c1-14-7-3-2-5(15(11,12)13)4-6(7)8(9)10;/h2-4H,1H3,(H2,9,10)(H,11,12,13);1H. The van der Waals surface area contributed by atoms with E-state index in [0.717, 1.165) is 12.1 Å². The highest BCUT2D eigenvalue weighted by Crippen LogP contribution is 2.21. The molecule has 8 heteroatoms. The predicted molar refractivity (Wildman–Crippen MR) is 58.6 cm³/mol. The van der Waals surface area contributed by atoms with E-state index in [-0.39, 0.29) is 23.7 Å². The Labute approximate surface area is 98.6 Å². The molecule has 1 aromatic rings. The zero-order chi connectivity index (χ0) is 11.6. The van der Waals surface area contributed by atoms with Gasteiger partial charge in [-0.3, -0.25) is 9.35 Å². The molecule has 16 heavy (non-hydrogen) atoms. The minimum atomic E-state index is -4.35. The molecule has 1 aromatic carbocycles. The van der Waals surface area contributed by atoms with Crippen LogP contribution in [0.3, 0.4) is 0 Å². The maximum Gasteiger partial charge on any atom is 0.294 e. The van der Waals surface area contributed by atoms with Crippen molar-refractivity contribution in [2.75, 3.05) is 7.11 Å². The number of methoxy groups -OCH3 is 1. The number of nitrogens with two attached hydrogens (primary N) is 1. The van der Waals surface area contributed by atoms with E-state index in [2.05, 4.69) is 0 Å². The van der Waals surface area contributed by atoms with Gasteiger partial charge in [0.15, 0.2) is 0 Å². The third-order valence-electron chi connectivity index (χ3n) is 1.73. The van der Waals surface area contributed by atoms with Crippen molar-refractivity contribution < 1.29 is 22.5 Å². The molecule has 3 N–H and O–H groups in total. The van der Waals surface area contributed by atoms with E-state index >= 15 is 0 Å². The third-order valence-corrected chi connectivity index (χ3v) is 2.58. The van der Waals surface area contributed by atoms with Crippen molar-refractivity contribution in [3.05, 3.63) is 23.8 Å². The van der Waals surface area contributed by atoms with E-state index in [0.29, 0.717) is 0 Å². The Bertz CT molecular complexity index is 499. The molecule has 0 radical (unpaired) electrons. The number of hydrogen-bond acceptors (Lipinski definition) is 4. The number of carbonyl (C=O) groups excluding carboxylic acids is 1. The van der Waals surface area contributed by atoms with Gasteiger partial charge in [0.1, 0.15) is 5.75 Å². The lowest BCUT2D eigenvalue weighted by molar-refractivity contribution is 0.0997. The molecule has 0 saturated heterocycles. The lowest BCUT2D eigenvalue weighted by Crippen LogP contribution is -2.13. The first-order valence-corrected chi connectivity index (χ1v) is 5.25. The summed E-state index contributed by atoms with van der Waals surface area (Å²) in [7, 11) is -3.03. The van der Waals surface area contributed by atoms with Crippen molar-refractivity contribution in [3.8, 4) is 5.75 Å². The second-order valence-corrected chi connectivity index (χ2v) is 4.12. The van der Waals surface area contributed by atoms with Crippen LogP contribution in [0.1, 0.15) is 10.4 Å². The normalized spacial score (nSPS) is 10.4. The van der Waals surface area contributed by atoms with Crippen LogP contribution >= 0.6 is 12.4 Å². The first-order valence-electron chi connectivity index (χ1n) is 3.81. The maximum atomic E-state index is 10.9. The molecule has 90 valence electrons. The van der Waals surface area contributed by atoms with Crippen molar-refractivity contribution in [2.45, 2.75) is 4.90 Å². The third kappa shape index (κ3) is 3.09. The summed E-state index contributed by atoms with van der Waals surface area (Å²) in [4.78, 5) is 10.5. The Hall–Kier alpha value is -1.31. The molecule has 1 amide bonds. The average molecular weight is 268 g/mol. The smallest absolute Gasteiger partial charge is 0.294 e. The number of halogens is 1. The van der Waals surface area contributed by atoms with E-state index in [9.17, 15) is 13.2 Å². The number of rotatable bonds is 3. The summed E-state index contributed by atoms with van der Waals surface area (Å²) < 4.78 is 35.1. The fourth-order valence-electron chi connectivity index (χ4n) is 1.04. The van der Waals surface area contributed by atoms with E-state index in [4.69, 9.17) is 15.0 Å². The van der Waals surface area contributed by atoms with Gasteiger partial charge in [-0.1, -0.05) is 0 Å². The summed E-state index contributed by atoms with van der Waals surface area (Å²) in [5.74, 6) is -0.688. The Kier molecular flexibility index (Phi) is 4.73.